The lowest BCUT2D eigenvalue weighted by molar-refractivity contribution is 0.0426. The predicted octanol–water partition coefficient (Wildman–Crippen LogP) is 3.07. The molecule has 1 unspecified atom stereocenters. The maximum absolute atomic E-state index is 10.4. The first-order valence-corrected chi connectivity index (χ1v) is 8.49. The molecule has 0 radical (unpaired) electrons. The van der Waals surface area contributed by atoms with Gasteiger partial charge in [-0.05, 0) is 69.3 Å². The lowest BCUT2D eigenvalue weighted by atomic mass is 9.88. The Labute approximate surface area is 152 Å². The highest BCUT2D eigenvalue weighted by molar-refractivity contribution is 5.85. The van der Waals surface area contributed by atoms with Crippen LogP contribution in [-0.4, -0.2) is 48.8 Å². The Balaban J connectivity index is 0.00000132. The molecule has 2 fully saturated rings. The first kappa shape index (κ1) is 20.7. The zero-order valence-electron chi connectivity index (χ0n) is 13.7. The van der Waals surface area contributed by atoms with Crippen molar-refractivity contribution in [2.24, 2.45) is 5.92 Å². The molecule has 0 aromatic heterocycles. The highest BCUT2D eigenvalue weighted by Crippen LogP contribution is 2.28. The van der Waals surface area contributed by atoms with Crippen LogP contribution in [0.1, 0.15) is 37.2 Å². The molecule has 2 heterocycles. The average Bonchev–Trinajstić information content (AvgIpc) is 2.57. The van der Waals surface area contributed by atoms with E-state index in [1.54, 1.807) is 0 Å². The summed E-state index contributed by atoms with van der Waals surface area (Å²) in [5.41, 5.74) is 1.48. The van der Waals surface area contributed by atoms with Gasteiger partial charge in [0.2, 0.25) is 0 Å². The second-order valence-corrected chi connectivity index (χ2v) is 6.64. The molecule has 0 saturated carbocycles. The minimum Gasteiger partial charge on any atom is -0.392 e. The summed E-state index contributed by atoms with van der Waals surface area (Å²) in [7, 11) is 0. The number of halogens is 2. The molecule has 3 nitrogen and oxygen atoms in total. The van der Waals surface area contributed by atoms with Crippen molar-refractivity contribution in [1.29, 1.82) is 0 Å². The zero-order chi connectivity index (χ0) is 14.5. The number of rotatable bonds is 4. The largest absolute Gasteiger partial charge is 0.392 e. The van der Waals surface area contributed by atoms with Gasteiger partial charge in [-0.1, -0.05) is 30.3 Å². The molecule has 132 valence electrons. The Bertz CT molecular complexity index is 418. The van der Waals surface area contributed by atoms with Crippen LogP contribution in [0.4, 0.5) is 0 Å². The summed E-state index contributed by atoms with van der Waals surface area (Å²) < 4.78 is 0. The summed E-state index contributed by atoms with van der Waals surface area (Å²) >= 11 is 0. The first-order chi connectivity index (χ1) is 10.3. The average molecular weight is 361 g/mol. The van der Waals surface area contributed by atoms with E-state index >= 15 is 0 Å². The SMILES string of the molecule is Cl.Cl.OC(CN1CCC(c2ccccc2)CC1)C1CCNCC1. The molecule has 2 N–H and O–H groups in total. The Morgan fingerprint density at radius 1 is 1.00 bits per heavy atom. The number of nitrogens with zero attached hydrogens (tertiary/aromatic N) is 1. The van der Waals surface area contributed by atoms with E-state index in [4.69, 9.17) is 0 Å². The molecule has 0 amide bonds. The number of hydrogen-bond acceptors (Lipinski definition) is 3. The van der Waals surface area contributed by atoms with E-state index in [0.29, 0.717) is 11.8 Å². The van der Waals surface area contributed by atoms with Crippen LogP contribution >= 0.6 is 24.8 Å². The molecule has 1 aromatic carbocycles. The third kappa shape index (κ3) is 5.91. The highest BCUT2D eigenvalue weighted by atomic mass is 35.5. The van der Waals surface area contributed by atoms with E-state index in [-0.39, 0.29) is 30.9 Å². The fourth-order valence-electron chi connectivity index (χ4n) is 3.82. The number of piperidine rings is 2. The van der Waals surface area contributed by atoms with Crippen LogP contribution in [0.15, 0.2) is 30.3 Å². The Morgan fingerprint density at radius 3 is 2.22 bits per heavy atom. The Morgan fingerprint density at radius 2 is 1.61 bits per heavy atom. The van der Waals surface area contributed by atoms with Gasteiger partial charge in [0.15, 0.2) is 0 Å². The number of β-amino-alcohol motifs (C(OH)–C–C–N with tert-alkyl or cyclic N) is 1. The molecule has 2 aliphatic rings. The normalized spacial score (nSPS) is 22.0. The molecule has 23 heavy (non-hydrogen) atoms. The van der Waals surface area contributed by atoms with E-state index in [2.05, 4.69) is 40.5 Å². The number of aliphatic hydroxyl groups is 1. The fraction of sp³-hybridized carbons (Fsp3) is 0.667. The maximum atomic E-state index is 10.4. The van der Waals surface area contributed by atoms with Crippen molar-refractivity contribution in [3.05, 3.63) is 35.9 Å². The van der Waals surface area contributed by atoms with Gasteiger partial charge in [0, 0.05) is 6.54 Å². The molecule has 0 spiro atoms. The van der Waals surface area contributed by atoms with E-state index in [1.165, 1.54) is 18.4 Å². The van der Waals surface area contributed by atoms with Crippen molar-refractivity contribution < 1.29 is 5.11 Å². The minimum absolute atomic E-state index is 0. The molecular formula is C18H30Cl2N2O. The van der Waals surface area contributed by atoms with Gasteiger partial charge in [-0.3, -0.25) is 0 Å². The molecule has 1 atom stereocenters. The number of aliphatic hydroxyl groups excluding tert-OH is 1. The van der Waals surface area contributed by atoms with Crippen LogP contribution in [0.3, 0.4) is 0 Å². The minimum atomic E-state index is -0.139. The monoisotopic (exact) mass is 360 g/mol. The second kappa shape index (κ2) is 10.5. The van der Waals surface area contributed by atoms with Crippen LogP contribution in [-0.2, 0) is 0 Å². The quantitative estimate of drug-likeness (QED) is 0.865. The van der Waals surface area contributed by atoms with Crippen LogP contribution in [0.5, 0.6) is 0 Å². The summed E-state index contributed by atoms with van der Waals surface area (Å²) in [5, 5.41) is 13.8. The molecule has 2 aliphatic heterocycles. The van der Waals surface area contributed by atoms with Gasteiger partial charge < -0.3 is 15.3 Å². The van der Waals surface area contributed by atoms with Gasteiger partial charge in [0.25, 0.3) is 0 Å². The summed E-state index contributed by atoms with van der Waals surface area (Å²) in [6, 6.07) is 10.9. The molecular weight excluding hydrogens is 331 g/mol. The van der Waals surface area contributed by atoms with Crippen molar-refractivity contribution >= 4 is 24.8 Å². The number of hydrogen-bond donors (Lipinski definition) is 2. The van der Waals surface area contributed by atoms with E-state index < -0.39 is 0 Å². The summed E-state index contributed by atoms with van der Waals surface area (Å²) in [6.45, 7) is 5.25. The summed E-state index contributed by atoms with van der Waals surface area (Å²) in [5.74, 6) is 1.21. The van der Waals surface area contributed by atoms with Gasteiger partial charge in [-0.15, -0.1) is 24.8 Å². The van der Waals surface area contributed by atoms with Crippen molar-refractivity contribution in [2.45, 2.75) is 37.7 Å². The van der Waals surface area contributed by atoms with Gasteiger partial charge in [-0.2, -0.15) is 0 Å². The molecule has 1 aromatic rings. The highest BCUT2D eigenvalue weighted by Gasteiger charge is 2.26. The van der Waals surface area contributed by atoms with E-state index in [1.807, 2.05) is 0 Å². The number of benzene rings is 1. The van der Waals surface area contributed by atoms with E-state index in [0.717, 1.165) is 45.6 Å². The van der Waals surface area contributed by atoms with Crippen LogP contribution in [0, 0.1) is 5.92 Å². The second-order valence-electron chi connectivity index (χ2n) is 6.64. The van der Waals surface area contributed by atoms with E-state index in [9.17, 15) is 5.11 Å². The third-order valence-electron chi connectivity index (χ3n) is 5.23. The van der Waals surface area contributed by atoms with Gasteiger partial charge in [0.1, 0.15) is 0 Å². The molecule has 2 saturated heterocycles. The van der Waals surface area contributed by atoms with Gasteiger partial charge in [-0.25, -0.2) is 0 Å². The van der Waals surface area contributed by atoms with Crippen molar-refractivity contribution in [3.63, 3.8) is 0 Å². The van der Waals surface area contributed by atoms with Gasteiger partial charge in [0.05, 0.1) is 6.10 Å². The lowest BCUT2D eigenvalue weighted by Gasteiger charge is -2.36. The van der Waals surface area contributed by atoms with Crippen LogP contribution in [0.2, 0.25) is 0 Å². The van der Waals surface area contributed by atoms with Crippen molar-refractivity contribution in [3.8, 4) is 0 Å². The lowest BCUT2D eigenvalue weighted by Crippen LogP contribution is -2.43. The first-order valence-electron chi connectivity index (χ1n) is 8.49. The fourth-order valence-corrected chi connectivity index (χ4v) is 3.82. The summed E-state index contributed by atoms with van der Waals surface area (Å²) in [4.78, 5) is 2.46. The molecule has 0 bridgehead atoms. The summed E-state index contributed by atoms with van der Waals surface area (Å²) in [6.07, 6.45) is 4.57. The number of nitrogens with one attached hydrogen (secondary N) is 1. The van der Waals surface area contributed by atoms with Crippen LogP contribution < -0.4 is 5.32 Å². The maximum Gasteiger partial charge on any atom is 0.0696 e. The zero-order valence-corrected chi connectivity index (χ0v) is 15.3. The Kier molecular flexibility index (Phi) is 9.48. The smallest absolute Gasteiger partial charge is 0.0696 e. The van der Waals surface area contributed by atoms with Crippen LogP contribution in [0.25, 0.3) is 0 Å². The molecule has 3 rings (SSSR count). The third-order valence-corrected chi connectivity index (χ3v) is 5.23. The molecule has 0 aliphatic carbocycles. The molecule has 5 heteroatoms. The standard InChI is InChI=1S/C18H28N2O.2ClH/c21-18(17-6-10-19-11-7-17)14-20-12-8-16(9-13-20)15-4-2-1-3-5-15;;/h1-5,16-19,21H,6-14H2;2*1H. The van der Waals surface area contributed by atoms with Crippen molar-refractivity contribution in [2.75, 3.05) is 32.7 Å². The predicted molar refractivity (Wildman–Crippen MR) is 101 cm³/mol. The Hall–Kier alpha value is -0.320. The topological polar surface area (TPSA) is 35.5 Å². The van der Waals surface area contributed by atoms with Crippen molar-refractivity contribution in [1.82, 2.24) is 10.2 Å². The van der Waals surface area contributed by atoms with Gasteiger partial charge >= 0.3 is 0 Å². The number of likely N-dealkylation sites (tertiary alicyclic amines) is 1.